The predicted molar refractivity (Wildman–Crippen MR) is 85.0 cm³/mol. The fraction of sp³-hybridized carbons (Fsp3) is 0.467. The van der Waals surface area contributed by atoms with E-state index in [2.05, 4.69) is 20.7 Å². The molecule has 8 heteroatoms. The Hall–Kier alpha value is -1.99. The van der Waals surface area contributed by atoms with E-state index in [0.29, 0.717) is 17.4 Å². The van der Waals surface area contributed by atoms with Crippen LogP contribution in [0.2, 0.25) is 5.02 Å². The third kappa shape index (κ3) is 3.86. The molecular formula is C15H18ClN5O2. The number of benzene rings is 1. The molecule has 1 aromatic carbocycles. The summed E-state index contributed by atoms with van der Waals surface area (Å²) in [6.45, 7) is 3.02. The van der Waals surface area contributed by atoms with Crippen molar-refractivity contribution in [3.05, 3.63) is 29.3 Å². The van der Waals surface area contributed by atoms with Crippen molar-refractivity contribution in [2.24, 2.45) is 0 Å². The van der Waals surface area contributed by atoms with Gasteiger partial charge in [0.25, 0.3) is 0 Å². The molecule has 1 amide bonds. The van der Waals surface area contributed by atoms with Gasteiger partial charge >= 0.3 is 0 Å². The van der Waals surface area contributed by atoms with Crippen molar-refractivity contribution in [1.82, 2.24) is 25.5 Å². The Bertz CT molecular complexity index is 667. The van der Waals surface area contributed by atoms with Gasteiger partial charge in [-0.15, -0.1) is 10.2 Å². The van der Waals surface area contributed by atoms with Gasteiger partial charge in [0.2, 0.25) is 11.7 Å². The zero-order valence-corrected chi connectivity index (χ0v) is 13.5. The Morgan fingerprint density at radius 1 is 1.48 bits per heavy atom. The maximum Gasteiger partial charge on any atom is 0.246 e. The number of hydrogen-bond donors (Lipinski definition) is 1. The highest BCUT2D eigenvalue weighted by molar-refractivity contribution is 6.30. The molecule has 1 aromatic heterocycles. The minimum absolute atomic E-state index is 0.111. The van der Waals surface area contributed by atoms with E-state index in [1.165, 1.54) is 4.80 Å². The molecule has 0 saturated carbocycles. The minimum Gasteiger partial charge on any atom is -0.376 e. The summed E-state index contributed by atoms with van der Waals surface area (Å²) < 4.78 is 5.48. The molecule has 2 heterocycles. The number of rotatable bonds is 5. The molecule has 0 unspecified atom stereocenters. The lowest BCUT2D eigenvalue weighted by molar-refractivity contribution is -0.125. The molecule has 0 aliphatic carbocycles. The van der Waals surface area contributed by atoms with Crippen LogP contribution in [0.5, 0.6) is 0 Å². The summed E-state index contributed by atoms with van der Waals surface area (Å²) in [5, 5.41) is 15.7. The number of nitrogens with zero attached hydrogens (tertiary/aromatic N) is 4. The summed E-state index contributed by atoms with van der Waals surface area (Å²) in [5.41, 5.74) is 0.799. The second-order valence-electron chi connectivity index (χ2n) is 5.50. The molecule has 7 nitrogen and oxygen atoms in total. The van der Waals surface area contributed by atoms with Crippen LogP contribution in [0.15, 0.2) is 24.3 Å². The normalized spacial score (nSPS) is 18.8. The molecule has 0 bridgehead atoms. The smallest absolute Gasteiger partial charge is 0.246 e. The van der Waals surface area contributed by atoms with Crippen LogP contribution in [-0.2, 0) is 9.53 Å². The van der Waals surface area contributed by atoms with E-state index in [1.807, 2.05) is 12.1 Å². The molecule has 0 spiro atoms. The van der Waals surface area contributed by atoms with Gasteiger partial charge in [0, 0.05) is 23.7 Å². The van der Waals surface area contributed by atoms with Crippen molar-refractivity contribution < 1.29 is 9.53 Å². The lowest BCUT2D eigenvalue weighted by Crippen LogP contribution is -2.36. The third-order valence-electron chi connectivity index (χ3n) is 3.78. The Kier molecular flexibility index (Phi) is 4.88. The topological polar surface area (TPSA) is 81.9 Å². The first-order chi connectivity index (χ1) is 11.1. The zero-order chi connectivity index (χ0) is 16.2. The number of amides is 1. The molecule has 2 atom stereocenters. The highest BCUT2D eigenvalue weighted by atomic mass is 35.5. The second kappa shape index (κ2) is 7.06. The van der Waals surface area contributed by atoms with Gasteiger partial charge < -0.3 is 10.1 Å². The number of aromatic nitrogens is 4. The average molecular weight is 336 g/mol. The van der Waals surface area contributed by atoms with Gasteiger partial charge in [-0.1, -0.05) is 11.6 Å². The van der Waals surface area contributed by atoms with Crippen LogP contribution in [0.25, 0.3) is 11.4 Å². The maximum atomic E-state index is 12.2. The number of hydrogen-bond acceptors (Lipinski definition) is 5. The highest BCUT2D eigenvalue weighted by Gasteiger charge is 2.21. The van der Waals surface area contributed by atoms with Crippen molar-refractivity contribution in [2.75, 3.05) is 13.2 Å². The molecule has 122 valence electrons. The van der Waals surface area contributed by atoms with Gasteiger partial charge in [0.1, 0.15) is 6.04 Å². The zero-order valence-electron chi connectivity index (χ0n) is 12.8. The fourth-order valence-corrected chi connectivity index (χ4v) is 2.50. The van der Waals surface area contributed by atoms with Gasteiger partial charge in [-0.05, 0) is 49.2 Å². The molecule has 23 heavy (non-hydrogen) atoms. The molecule has 1 aliphatic heterocycles. The van der Waals surface area contributed by atoms with Gasteiger partial charge in [-0.25, -0.2) is 0 Å². The summed E-state index contributed by atoms with van der Waals surface area (Å²) in [6.07, 6.45) is 2.14. The third-order valence-corrected chi connectivity index (χ3v) is 4.04. The molecule has 1 fully saturated rings. The summed E-state index contributed by atoms with van der Waals surface area (Å²) >= 11 is 5.86. The highest BCUT2D eigenvalue weighted by Crippen LogP contribution is 2.18. The molecule has 0 radical (unpaired) electrons. The van der Waals surface area contributed by atoms with Gasteiger partial charge in [0.15, 0.2) is 0 Å². The molecule has 2 aromatic rings. The van der Waals surface area contributed by atoms with Crippen molar-refractivity contribution in [2.45, 2.75) is 31.9 Å². The number of carbonyl (C=O) groups is 1. The van der Waals surface area contributed by atoms with Gasteiger partial charge in [-0.2, -0.15) is 4.80 Å². The summed E-state index contributed by atoms with van der Waals surface area (Å²) in [6, 6.07) is 6.60. The van der Waals surface area contributed by atoms with Crippen LogP contribution in [0.4, 0.5) is 0 Å². The second-order valence-corrected chi connectivity index (χ2v) is 5.93. The van der Waals surface area contributed by atoms with Crippen LogP contribution in [0, 0.1) is 0 Å². The van der Waals surface area contributed by atoms with Crippen molar-refractivity contribution in [3.63, 3.8) is 0 Å². The predicted octanol–water partition coefficient (Wildman–Crippen LogP) is 1.85. The van der Waals surface area contributed by atoms with E-state index in [-0.39, 0.29) is 12.0 Å². The molecule has 3 rings (SSSR count). The first-order valence-electron chi connectivity index (χ1n) is 7.58. The Morgan fingerprint density at radius 2 is 2.26 bits per heavy atom. The summed E-state index contributed by atoms with van der Waals surface area (Å²) in [4.78, 5) is 13.5. The maximum absolute atomic E-state index is 12.2. The number of tetrazole rings is 1. The summed E-state index contributed by atoms with van der Waals surface area (Å²) in [7, 11) is 0. The molecule has 1 saturated heterocycles. The van der Waals surface area contributed by atoms with Crippen LogP contribution >= 0.6 is 11.6 Å². The van der Waals surface area contributed by atoms with Crippen LogP contribution < -0.4 is 5.32 Å². The van der Waals surface area contributed by atoms with Crippen molar-refractivity contribution in [3.8, 4) is 11.4 Å². The number of nitrogens with one attached hydrogen (secondary N) is 1. The first kappa shape index (κ1) is 15.9. The minimum atomic E-state index is -0.537. The molecule has 1 N–H and O–H groups in total. The van der Waals surface area contributed by atoms with E-state index in [9.17, 15) is 4.79 Å². The number of carbonyl (C=O) groups excluding carboxylic acids is 1. The van der Waals surface area contributed by atoms with Crippen LogP contribution in [0.3, 0.4) is 0 Å². The lowest BCUT2D eigenvalue weighted by atomic mass is 10.2. The van der Waals surface area contributed by atoms with Crippen LogP contribution in [-0.4, -0.2) is 45.4 Å². The largest absolute Gasteiger partial charge is 0.376 e. The van der Waals surface area contributed by atoms with Crippen molar-refractivity contribution in [1.29, 1.82) is 0 Å². The lowest BCUT2D eigenvalue weighted by Gasteiger charge is -2.13. The fourth-order valence-electron chi connectivity index (χ4n) is 2.38. The molecular weight excluding hydrogens is 318 g/mol. The van der Waals surface area contributed by atoms with E-state index in [4.69, 9.17) is 16.3 Å². The van der Waals surface area contributed by atoms with E-state index in [0.717, 1.165) is 25.0 Å². The standard InChI is InChI=1S/C15H18ClN5O2/c1-10(15(22)17-9-13-3-2-8-23-13)21-19-14(18-20-21)11-4-6-12(16)7-5-11/h4-7,10,13H,2-3,8-9H2,1H3,(H,17,22)/t10-,13-/m1/s1. The van der Waals surface area contributed by atoms with Gasteiger partial charge in [0.05, 0.1) is 6.10 Å². The Balaban J connectivity index is 1.62. The monoisotopic (exact) mass is 335 g/mol. The number of halogens is 1. The van der Waals surface area contributed by atoms with E-state index >= 15 is 0 Å². The first-order valence-corrected chi connectivity index (χ1v) is 7.96. The molecule has 1 aliphatic rings. The van der Waals surface area contributed by atoms with Gasteiger partial charge in [-0.3, -0.25) is 4.79 Å². The Morgan fingerprint density at radius 3 is 2.96 bits per heavy atom. The van der Waals surface area contributed by atoms with Crippen LogP contribution in [0.1, 0.15) is 25.8 Å². The quantitative estimate of drug-likeness (QED) is 0.901. The summed E-state index contributed by atoms with van der Waals surface area (Å²) in [5.74, 6) is 0.306. The average Bonchev–Trinajstić information content (AvgIpc) is 3.24. The SMILES string of the molecule is C[C@H](C(=O)NC[C@H]1CCCO1)n1nnc(-c2ccc(Cl)cc2)n1. The van der Waals surface area contributed by atoms with Crippen molar-refractivity contribution >= 4 is 17.5 Å². The van der Waals surface area contributed by atoms with E-state index < -0.39 is 6.04 Å². The van der Waals surface area contributed by atoms with E-state index in [1.54, 1.807) is 19.1 Å². The number of ether oxygens (including phenoxy) is 1. The Labute approximate surface area is 139 Å².